The highest BCUT2D eigenvalue weighted by molar-refractivity contribution is 6.33. The first-order valence-electron chi connectivity index (χ1n) is 5.67. The van der Waals surface area contributed by atoms with Crippen LogP contribution in [0.2, 0.25) is 5.02 Å². The van der Waals surface area contributed by atoms with Gasteiger partial charge in [-0.2, -0.15) is 0 Å². The van der Waals surface area contributed by atoms with Crippen LogP contribution in [0.5, 0.6) is 0 Å². The van der Waals surface area contributed by atoms with E-state index >= 15 is 0 Å². The number of oxazole rings is 1. The van der Waals surface area contributed by atoms with Crippen molar-refractivity contribution in [1.82, 2.24) is 4.98 Å². The van der Waals surface area contributed by atoms with E-state index in [9.17, 15) is 4.39 Å². The van der Waals surface area contributed by atoms with Crippen molar-refractivity contribution in [2.75, 3.05) is 5.73 Å². The Bertz CT molecular complexity index is 743. The number of anilines is 1. The maximum absolute atomic E-state index is 14.0. The van der Waals surface area contributed by atoms with Crippen molar-refractivity contribution < 1.29 is 8.81 Å². The predicted octanol–water partition coefficient (Wildman–Crippen LogP) is 4.18. The molecule has 3 nitrogen and oxygen atoms in total. The number of hydrogen-bond donors (Lipinski definition) is 1. The molecular weight excluding hydrogens is 267 g/mol. The molecule has 1 heterocycles. The van der Waals surface area contributed by atoms with Crippen LogP contribution in [0.15, 0.2) is 34.7 Å². The molecule has 0 saturated carbocycles. The van der Waals surface area contributed by atoms with Gasteiger partial charge in [0.2, 0.25) is 5.89 Å². The summed E-state index contributed by atoms with van der Waals surface area (Å²) in [7, 11) is 0. The van der Waals surface area contributed by atoms with Gasteiger partial charge >= 0.3 is 0 Å². The van der Waals surface area contributed by atoms with E-state index in [0.29, 0.717) is 32.9 Å². The van der Waals surface area contributed by atoms with Gasteiger partial charge in [0.15, 0.2) is 5.58 Å². The fraction of sp³-hybridized carbons (Fsp3) is 0.0714. The lowest BCUT2D eigenvalue weighted by Crippen LogP contribution is -1.87. The number of hydrogen-bond acceptors (Lipinski definition) is 3. The first kappa shape index (κ1) is 12.0. The number of halogens is 2. The van der Waals surface area contributed by atoms with E-state index in [0.717, 1.165) is 0 Å². The van der Waals surface area contributed by atoms with E-state index in [1.165, 1.54) is 0 Å². The van der Waals surface area contributed by atoms with Gasteiger partial charge in [0, 0.05) is 6.07 Å². The third-order valence-corrected chi connectivity index (χ3v) is 3.26. The summed E-state index contributed by atoms with van der Waals surface area (Å²) in [4.78, 5) is 4.24. The molecule has 0 bridgehead atoms. The monoisotopic (exact) mass is 276 g/mol. The van der Waals surface area contributed by atoms with E-state index in [1.54, 1.807) is 37.3 Å². The summed E-state index contributed by atoms with van der Waals surface area (Å²) in [5.41, 5.74) is 8.00. The lowest BCUT2D eigenvalue weighted by molar-refractivity contribution is 0.589. The van der Waals surface area contributed by atoms with Gasteiger partial charge in [-0.1, -0.05) is 23.7 Å². The number of rotatable bonds is 1. The van der Waals surface area contributed by atoms with Crippen molar-refractivity contribution in [2.24, 2.45) is 0 Å². The van der Waals surface area contributed by atoms with Crippen molar-refractivity contribution >= 4 is 28.4 Å². The molecule has 3 aromatic rings. The minimum Gasteiger partial charge on any atom is -0.436 e. The maximum Gasteiger partial charge on any atom is 0.230 e. The number of aromatic nitrogens is 1. The van der Waals surface area contributed by atoms with Crippen LogP contribution in [0.1, 0.15) is 5.56 Å². The second-order valence-electron chi connectivity index (χ2n) is 4.30. The molecule has 0 unspecified atom stereocenters. The van der Waals surface area contributed by atoms with Gasteiger partial charge in [0.25, 0.3) is 0 Å². The standard InChI is InChI=1S/C14H10ClFN2O/c1-7-3-2-4-8(13(7)16)14-18-11-5-9(15)10(17)6-12(11)19-14/h2-6H,17H2,1H3. The predicted molar refractivity (Wildman–Crippen MR) is 73.6 cm³/mol. The van der Waals surface area contributed by atoms with Crippen molar-refractivity contribution in [2.45, 2.75) is 6.92 Å². The molecule has 0 aliphatic heterocycles. The summed E-state index contributed by atoms with van der Waals surface area (Å²) in [6.45, 7) is 1.69. The second kappa shape index (κ2) is 4.24. The molecule has 0 fully saturated rings. The highest BCUT2D eigenvalue weighted by Gasteiger charge is 2.14. The molecule has 19 heavy (non-hydrogen) atoms. The molecule has 0 radical (unpaired) electrons. The first-order valence-corrected chi connectivity index (χ1v) is 6.05. The zero-order valence-corrected chi connectivity index (χ0v) is 10.8. The Morgan fingerprint density at radius 3 is 2.89 bits per heavy atom. The molecule has 3 rings (SSSR count). The Morgan fingerprint density at radius 1 is 1.32 bits per heavy atom. The summed E-state index contributed by atoms with van der Waals surface area (Å²) in [6.07, 6.45) is 0. The van der Waals surface area contributed by atoms with Gasteiger partial charge in [-0.25, -0.2) is 9.37 Å². The van der Waals surface area contributed by atoms with Crippen molar-refractivity contribution in [3.63, 3.8) is 0 Å². The molecular formula is C14H10ClFN2O. The number of nitrogen functional groups attached to an aromatic ring is 1. The van der Waals surface area contributed by atoms with E-state index in [1.807, 2.05) is 0 Å². The van der Waals surface area contributed by atoms with Crippen LogP contribution in [0.25, 0.3) is 22.6 Å². The zero-order chi connectivity index (χ0) is 13.6. The first-order chi connectivity index (χ1) is 9.06. The van der Waals surface area contributed by atoms with E-state index < -0.39 is 0 Å². The van der Waals surface area contributed by atoms with Crippen LogP contribution < -0.4 is 5.73 Å². The third-order valence-electron chi connectivity index (χ3n) is 2.93. The van der Waals surface area contributed by atoms with Gasteiger partial charge in [-0.05, 0) is 24.6 Å². The van der Waals surface area contributed by atoms with E-state index in [-0.39, 0.29) is 11.7 Å². The minimum atomic E-state index is -0.340. The van der Waals surface area contributed by atoms with Crippen molar-refractivity contribution in [3.8, 4) is 11.5 Å². The molecule has 96 valence electrons. The minimum absolute atomic E-state index is 0.220. The number of benzene rings is 2. The van der Waals surface area contributed by atoms with Crippen LogP contribution in [0.4, 0.5) is 10.1 Å². The van der Waals surface area contributed by atoms with Gasteiger partial charge in [-0.3, -0.25) is 0 Å². The van der Waals surface area contributed by atoms with Gasteiger partial charge < -0.3 is 10.2 Å². The lowest BCUT2D eigenvalue weighted by atomic mass is 10.1. The molecule has 0 amide bonds. The Kier molecular flexibility index (Phi) is 2.68. The lowest BCUT2D eigenvalue weighted by Gasteiger charge is -2.00. The van der Waals surface area contributed by atoms with Crippen LogP contribution in [0.3, 0.4) is 0 Å². The van der Waals surface area contributed by atoms with Gasteiger partial charge in [0.1, 0.15) is 11.3 Å². The van der Waals surface area contributed by atoms with Crippen LogP contribution in [-0.2, 0) is 0 Å². The SMILES string of the molecule is Cc1cccc(-c2nc3cc(Cl)c(N)cc3o2)c1F. The smallest absolute Gasteiger partial charge is 0.230 e. The number of nitrogens with zero attached hydrogens (tertiary/aromatic N) is 1. The summed E-state index contributed by atoms with van der Waals surface area (Å²) in [5, 5.41) is 0.400. The molecule has 0 aliphatic rings. The number of aryl methyl sites for hydroxylation is 1. The maximum atomic E-state index is 14.0. The molecule has 0 aliphatic carbocycles. The fourth-order valence-electron chi connectivity index (χ4n) is 1.89. The molecule has 5 heteroatoms. The summed E-state index contributed by atoms with van der Waals surface area (Å²) in [6, 6.07) is 8.26. The largest absolute Gasteiger partial charge is 0.436 e. The topological polar surface area (TPSA) is 52.0 Å². The number of fused-ring (bicyclic) bond motifs is 1. The Labute approximate surface area is 113 Å². The molecule has 1 aromatic heterocycles. The van der Waals surface area contributed by atoms with Crippen LogP contribution in [0, 0.1) is 12.7 Å². The average Bonchev–Trinajstić information content (AvgIpc) is 2.76. The summed E-state index contributed by atoms with van der Waals surface area (Å²) in [5.74, 6) is -0.119. The average molecular weight is 277 g/mol. The van der Waals surface area contributed by atoms with E-state index in [2.05, 4.69) is 4.98 Å². The third kappa shape index (κ3) is 1.94. The van der Waals surface area contributed by atoms with Gasteiger partial charge in [-0.15, -0.1) is 0 Å². The Hall–Kier alpha value is -2.07. The molecule has 2 aromatic carbocycles. The molecule has 0 spiro atoms. The van der Waals surface area contributed by atoms with E-state index in [4.69, 9.17) is 21.8 Å². The Morgan fingerprint density at radius 2 is 2.11 bits per heavy atom. The highest BCUT2D eigenvalue weighted by Crippen LogP contribution is 2.31. The molecule has 2 N–H and O–H groups in total. The van der Waals surface area contributed by atoms with Crippen molar-refractivity contribution in [1.29, 1.82) is 0 Å². The number of nitrogens with two attached hydrogens (primary N) is 1. The second-order valence-corrected chi connectivity index (χ2v) is 4.70. The summed E-state index contributed by atoms with van der Waals surface area (Å²) < 4.78 is 19.6. The van der Waals surface area contributed by atoms with Crippen LogP contribution in [-0.4, -0.2) is 4.98 Å². The molecule has 0 saturated heterocycles. The molecule has 0 atom stereocenters. The van der Waals surface area contributed by atoms with Crippen molar-refractivity contribution in [3.05, 3.63) is 46.7 Å². The normalized spacial score (nSPS) is 11.1. The zero-order valence-electron chi connectivity index (χ0n) is 10.1. The quantitative estimate of drug-likeness (QED) is 0.678. The van der Waals surface area contributed by atoms with Gasteiger partial charge in [0.05, 0.1) is 16.3 Å². The highest BCUT2D eigenvalue weighted by atomic mass is 35.5. The Balaban J connectivity index is 2.23. The fourth-order valence-corrected chi connectivity index (χ4v) is 2.05. The summed E-state index contributed by atoms with van der Waals surface area (Å²) >= 11 is 5.92. The van der Waals surface area contributed by atoms with Crippen LogP contribution >= 0.6 is 11.6 Å².